The molecular weight excluding hydrogens is 306 g/mol. The Bertz CT molecular complexity index is 820. The molecule has 5 nitrogen and oxygen atoms in total. The fourth-order valence-corrected chi connectivity index (χ4v) is 3.72. The Balaban J connectivity index is 1.93. The van der Waals surface area contributed by atoms with E-state index in [1.54, 1.807) is 4.90 Å². The zero-order chi connectivity index (χ0) is 17.6. The number of nitrogens with zero attached hydrogens (tertiary/aromatic N) is 1. The van der Waals surface area contributed by atoms with Gasteiger partial charge in [-0.3, -0.25) is 9.59 Å². The van der Waals surface area contributed by atoms with Gasteiger partial charge in [0.15, 0.2) is 5.76 Å². The summed E-state index contributed by atoms with van der Waals surface area (Å²) in [6, 6.07) is 4.03. The first-order valence-corrected chi connectivity index (χ1v) is 8.32. The number of likely N-dealkylation sites (tertiary alicyclic amines) is 1. The molecule has 1 N–H and O–H groups in total. The van der Waals surface area contributed by atoms with Crippen LogP contribution in [0.25, 0.3) is 11.0 Å². The van der Waals surface area contributed by atoms with Crippen molar-refractivity contribution >= 4 is 22.8 Å². The van der Waals surface area contributed by atoms with Gasteiger partial charge >= 0.3 is 5.97 Å². The second kappa shape index (κ2) is 5.96. The summed E-state index contributed by atoms with van der Waals surface area (Å²) in [7, 11) is 0. The number of carbonyl (C=O) groups excluding carboxylic acids is 1. The molecule has 0 bridgehead atoms. The Morgan fingerprint density at radius 3 is 2.46 bits per heavy atom. The van der Waals surface area contributed by atoms with Crippen molar-refractivity contribution in [2.24, 2.45) is 11.8 Å². The lowest BCUT2D eigenvalue weighted by molar-refractivity contribution is -0.145. The number of piperidine rings is 1. The molecule has 2 unspecified atom stereocenters. The van der Waals surface area contributed by atoms with Crippen LogP contribution in [0.1, 0.15) is 40.6 Å². The molecule has 2 heterocycles. The molecule has 2 atom stereocenters. The van der Waals surface area contributed by atoms with Crippen molar-refractivity contribution in [3.05, 3.63) is 34.6 Å². The van der Waals surface area contributed by atoms with Gasteiger partial charge in [-0.15, -0.1) is 0 Å². The van der Waals surface area contributed by atoms with Gasteiger partial charge in [0, 0.05) is 24.0 Å². The van der Waals surface area contributed by atoms with Crippen LogP contribution in [-0.2, 0) is 4.79 Å². The lowest BCUT2D eigenvalue weighted by Gasteiger charge is -2.34. The smallest absolute Gasteiger partial charge is 0.306 e. The Labute approximate surface area is 141 Å². The minimum atomic E-state index is -0.777. The van der Waals surface area contributed by atoms with E-state index in [0.29, 0.717) is 25.3 Å². The van der Waals surface area contributed by atoms with E-state index in [0.717, 1.165) is 27.7 Å². The van der Waals surface area contributed by atoms with Gasteiger partial charge in [0.25, 0.3) is 5.91 Å². The molecule has 128 valence electrons. The van der Waals surface area contributed by atoms with Crippen LogP contribution < -0.4 is 0 Å². The highest BCUT2D eigenvalue weighted by Crippen LogP contribution is 2.32. The monoisotopic (exact) mass is 329 g/mol. The third kappa shape index (κ3) is 2.58. The van der Waals surface area contributed by atoms with Gasteiger partial charge in [-0.2, -0.15) is 0 Å². The van der Waals surface area contributed by atoms with E-state index in [-0.39, 0.29) is 17.7 Å². The fourth-order valence-electron chi connectivity index (χ4n) is 3.72. The number of benzene rings is 1. The minimum absolute atomic E-state index is 0.0617. The largest absolute Gasteiger partial charge is 0.481 e. The van der Waals surface area contributed by atoms with Gasteiger partial charge in [0.05, 0.1) is 5.92 Å². The number of hydrogen-bond acceptors (Lipinski definition) is 3. The van der Waals surface area contributed by atoms with Gasteiger partial charge < -0.3 is 14.4 Å². The molecule has 0 spiro atoms. The second-order valence-corrected chi connectivity index (χ2v) is 6.92. The Morgan fingerprint density at radius 2 is 1.88 bits per heavy atom. The number of aliphatic carboxylic acids is 1. The Morgan fingerprint density at radius 1 is 1.21 bits per heavy atom. The van der Waals surface area contributed by atoms with Gasteiger partial charge in [-0.05, 0) is 44.2 Å². The highest BCUT2D eigenvalue weighted by molar-refractivity contribution is 6.00. The summed E-state index contributed by atoms with van der Waals surface area (Å²) in [5.74, 6) is -0.981. The molecule has 0 radical (unpaired) electrons. The number of carboxylic acids is 1. The molecule has 0 aliphatic carbocycles. The average Bonchev–Trinajstić information content (AvgIpc) is 2.88. The fraction of sp³-hybridized carbons (Fsp3) is 0.474. The molecular formula is C19H23NO4. The number of carboxylic acid groups (broad SMARTS) is 1. The van der Waals surface area contributed by atoms with E-state index in [1.165, 1.54) is 0 Å². The number of hydrogen-bond donors (Lipinski definition) is 1. The highest BCUT2D eigenvalue weighted by Gasteiger charge is 2.35. The van der Waals surface area contributed by atoms with E-state index in [1.807, 2.05) is 39.8 Å². The van der Waals surface area contributed by atoms with Crippen molar-refractivity contribution in [2.75, 3.05) is 13.1 Å². The molecule has 0 saturated carbocycles. The zero-order valence-electron chi connectivity index (χ0n) is 14.5. The molecule has 3 rings (SSSR count). The van der Waals surface area contributed by atoms with Crippen LogP contribution in [0.15, 0.2) is 16.5 Å². The maximum absolute atomic E-state index is 12.9. The molecule has 5 heteroatoms. The predicted molar refractivity (Wildman–Crippen MR) is 91.2 cm³/mol. The molecule has 1 saturated heterocycles. The first kappa shape index (κ1) is 16.6. The quantitative estimate of drug-likeness (QED) is 0.915. The molecule has 1 aliphatic rings. The van der Waals surface area contributed by atoms with Gasteiger partial charge in [0.2, 0.25) is 0 Å². The number of rotatable bonds is 2. The summed E-state index contributed by atoms with van der Waals surface area (Å²) in [6.45, 7) is 8.69. The molecule has 1 fully saturated rings. The molecule has 1 aromatic carbocycles. The number of carbonyl (C=O) groups is 2. The summed E-state index contributed by atoms with van der Waals surface area (Å²) >= 11 is 0. The minimum Gasteiger partial charge on any atom is -0.481 e. The van der Waals surface area contributed by atoms with E-state index >= 15 is 0 Å². The van der Waals surface area contributed by atoms with Crippen molar-refractivity contribution < 1.29 is 19.1 Å². The summed E-state index contributed by atoms with van der Waals surface area (Å²) in [6.07, 6.45) is 0.486. The standard InChI is InChI=1S/C19H23NO4/c1-10-5-6-11(2)16-15(10)13(4)17(24-16)18(21)20-8-7-14(19(22)23)12(3)9-20/h5-6,12,14H,7-9H2,1-4H3,(H,22,23). The van der Waals surface area contributed by atoms with E-state index < -0.39 is 5.97 Å². The molecule has 1 amide bonds. The maximum Gasteiger partial charge on any atom is 0.306 e. The first-order chi connectivity index (χ1) is 11.3. The van der Waals surface area contributed by atoms with Gasteiger partial charge in [0.1, 0.15) is 5.58 Å². The van der Waals surface area contributed by atoms with Crippen LogP contribution in [0.3, 0.4) is 0 Å². The van der Waals surface area contributed by atoms with E-state index in [4.69, 9.17) is 4.42 Å². The highest BCUT2D eigenvalue weighted by atomic mass is 16.4. The van der Waals surface area contributed by atoms with Crippen LogP contribution >= 0.6 is 0 Å². The van der Waals surface area contributed by atoms with E-state index in [9.17, 15) is 14.7 Å². The van der Waals surface area contributed by atoms with Crippen LogP contribution in [0, 0.1) is 32.6 Å². The summed E-state index contributed by atoms with van der Waals surface area (Å²) < 4.78 is 5.93. The lowest BCUT2D eigenvalue weighted by atomic mass is 9.87. The van der Waals surface area contributed by atoms with Crippen molar-refractivity contribution in [1.82, 2.24) is 4.90 Å². The topological polar surface area (TPSA) is 70.8 Å². The molecule has 1 aliphatic heterocycles. The molecule has 2 aromatic rings. The van der Waals surface area contributed by atoms with Crippen LogP contribution in [0.5, 0.6) is 0 Å². The van der Waals surface area contributed by atoms with Crippen molar-refractivity contribution in [3.8, 4) is 0 Å². The first-order valence-electron chi connectivity index (χ1n) is 8.32. The van der Waals surface area contributed by atoms with Crippen LogP contribution in [0.2, 0.25) is 0 Å². The maximum atomic E-state index is 12.9. The average molecular weight is 329 g/mol. The summed E-state index contributed by atoms with van der Waals surface area (Å²) in [4.78, 5) is 25.9. The third-order valence-corrected chi connectivity index (χ3v) is 5.19. The van der Waals surface area contributed by atoms with Crippen molar-refractivity contribution in [2.45, 2.75) is 34.1 Å². The zero-order valence-corrected chi connectivity index (χ0v) is 14.5. The number of amides is 1. The molecule has 24 heavy (non-hydrogen) atoms. The number of fused-ring (bicyclic) bond motifs is 1. The Hall–Kier alpha value is -2.30. The Kier molecular flexibility index (Phi) is 4.11. The molecule has 1 aromatic heterocycles. The number of furan rings is 1. The number of aryl methyl sites for hydroxylation is 3. The van der Waals surface area contributed by atoms with Crippen molar-refractivity contribution in [1.29, 1.82) is 0 Å². The second-order valence-electron chi connectivity index (χ2n) is 6.92. The van der Waals surface area contributed by atoms with Gasteiger partial charge in [-0.1, -0.05) is 19.1 Å². The lowest BCUT2D eigenvalue weighted by Crippen LogP contribution is -2.45. The predicted octanol–water partition coefficient (Wildman–Crippen LogP) is 3.54. The van der Waals surface area contributed by atoms with E-state index in [2.05, 4.69) is 0 Å². The van der Waals surface area contributed by atoms with Crippen molar-refractivity contribution in [3.63, 3.8) is 0 Å². The van der Waals surface area contributed by atoms with Crippen LogP contribution in [-0.4, -0.2) is 35.0 Å². The summed E-state index contributed by atoms with van der Waals surface area (Å²) in [5, 5.41) is 10.2. The van der Waals surface area contributed by atoms with Gasteiger partial charge in [-0.25, -0.2) is 0 Å². The SMILES string of the molecule is Cc1ccc(C)c2c(C)c(C(=O)N3CCC(C(=O)O)C(C)C3)oc12. The van der Waals surface area contributed by atoms with Crippen LogP contribution in [0.4, 0.5) is 0 Å². The normalized spacial score (nSPS) is 21.2. The third-order valence-electron chi connectivity index (χ3n) is 5.19. The summed E-state index contributed by atoms with van der Waals surface area (Å²) in [5.41, 5.74) is 3.73.